The van der Waals surface area contributed by atoms with Crippen LogP contribution in [-0.4, -0.2) is 35.5 Å². The molecule has 3 aromatic rings. The van der Waals surface area contributed by atoms with Gasteiger partial charge in [0.15, 0.2) is 5.75 Å². The van der Waals surface area contributed by atoms with E-state index in [2.05, 4.69) is 4.98 Å². The van der Waals surface area contributed by atoms with Crippen molar-refractivity contribution < 1.29 is 24.2 Å². The molecule has 0 saturated carbocycles. The van der Waals surface area contributed by atoms with Crippen LogP contribution in [0.4, 0.5) is 5.69 Å². The zero-order valence-corrected chi connectivity index (χ0v) is 19.8. The predicted octanol–water partition coefficient (Wildman–Crippen LogP) is 5.42. The monoisotopic (exact) mass is 498 g/mol. The molecule has 1 fully saturated rings. The lowest BCUT2D eigenvalue weighted by atomic mass is 9.95. The third-order valence-corrected chi connectivity index (χ3v) is 5.93. The Balaban J connectivity index is 1.90. The summed E-state index contributed by atoms with van der Waals surface area (Å²) in [5, 5.41) is 11.5. The minimum atomic E-state index is -0.902. The maximum absolute atomic E-state index is 13.2. The third-order valence-electron chi connectivity index (χ3n) is 5.37. The fourth-order valence-corrected chi connectivity index (χ4v) is 4.52. The van der Waals surface area contributed by atoms with E-state index in [4.69, 9.17) is 32.7 Å². The molecule has 1 aliphatic heterocycles. The summed E-state index contributed by atoms with van der Waals surface area (Å²) in [5.74, 6) is -1.15. The van der Waals surface area contributed by atoms with Gasteiger partial charge in [-0.05, 0) is 61.0 Å². The molecule has 1 saturated heterocycles. The first-order valence-corrected chi connectivity index (χ1v) is 11.1. The lowest BCUT2D eigenvalue weighted by Crippen LogP contribution is -2.29. The van der Waals surface area contributed by atoms with Gasteiger partial charge in [0.2, 0.25) is 0 Å². The first-order chi connectivity index (χ1) is 16.4. The summed E-state index contributed by atoms with van der Waals surface area (Å²) in [6.07, 6.45) is 3.10. The van der Waals surface area contributed by atoms with E-state index >= 15 is 0 Å². The van der Waals surface area contributed by atoms with Gasteiger partial charge in [0.25, 0.3) is 11.7 Å². The van der Waals surface area contributed by atoms with E-state index in [9.17, 15) is 14.7 Å². The molecule has 174 valence electrons. The molecule has 4 rings (SSSR count). The summed E-state index contributed by atoms with van der Waals surface area (Å²) in [5.41, 5.74) is 1.15. The SMILES string of the molecule is CCOc1ccc(N2C(=O)C(=O)/C(=C(/O)c3cc(Cl)c(OC)c(Cl)c3)C2c2ccncc2)cc1. The van der Waals surface area contributed by atoms with Crippen molar-refractivity contribution in [1.29, 1.82) is 0 Å². The molecule has 1 unspecified atom stereocenters. The second kappa shape index (κ2) is 9.75. The summed E-state index contributed by atoms with van der Waals surface area (Å²) in [6, 6.07) is 12.1. The van der Waals surface area contributed by atoms with Gasteiger partial charge in [-0.3, -0.25) is 19.5 Å². The molecule has 0 radical (unpaired) electrons. The average Bonchev–Trinajstić information content (AvgIpc) is 3.10. The van der Waals surface area contributed by atoms with Crippen LogP contribution in [0, 0.1) is 0 Å². The van der Waals surface area contributed by atoms with Crippen LogP contribution >= 0.6 is 23.2 Å². The van der Waals surface area contributed by atoms with Crippen molar-refractivity contribution in [3.63, 3.8) is 0 Å². The third kappa shape index (κ3) is 4.20. The Hall–Kier alpha value is -3.55. The number of nitrogens with zero attached hydrogens (tertiary/aromatic N) is 2. The molecular formula is C25H20Cl2N2O5. The second-order valence-electron chi connectivity index (χ2n) is 7.35. The number of aliphatic hydroxyl groups excluding tert-OH is 1. The van der Waals surface area contributed by atoms with Crippen LogP contribution in [0.2, 0.25) is 10.0 Å². The Labute approximate surface area is 206 Å². The van der Waals surface area contributed by atoms with E-state index in [0.717, 1.165) is 0 Å². The Bertz CT molecular complexity index is 1250. The largest absolute Gasteiger partial charge is 0.507 e. The number of carbonyl (C=O) groups excluding carboxylic acids is 2. The smallest absolute Gasteiger partial charge is 0.300 e. The molecule has 0 spiro atoms. The first kappa shape index (κ1) is 23.6. The summed E-state index contributed by atoms with van der Waals surface area (Å²) in [7, 11) is 1.42. The number of benzene rings is 2. The van der Waals surface area contributed by atoms with Gasteiger partial charge in [-0.15, -0.1) is 0 Å². The zero-order chi connectivity index (χ0) is 24.4. The van der Waals surface area contributed by atoms with Crippen LogP contribution < -0.4 is 14.4 Å². The molecule has 2 heterocycles. The van der Waals surface area contributed by atoms with E-state index < -0.39 is 23.5 Å². The number of hydrogen-bond acceptors (Lipinski definition) is 6. The van der Waals surface area contributed by atoms with Crippen LogP contribution in [0.3, 0.4) is 0 Å². The lowest BCUT2D eigenvalue weighted by molar-refractivity contribution is -0.132. The predicted molar refractivity (Wildman–Crippen MR) is 130 cm³/mol. The van der Waals surface area contributed by atoms with Gasteiger partial charge < -0.3 is 14.6 Å². The average molecular weight is 499 g/mol. The van der Waals surface area contributed by atoms with Crippen molar-refractivity contribution in [3.8, 4) is 11.5 Å². The molecule has 1 N–H and O–H groups in total. The normalized spacial score (nSPS) is 17.2. The number of aromatic nitrogens is 1. The van der Waals surface area contributed by atoms with Crippen molar-refractivity contribution in [1.82, 2.24) is 4.98 Å². The quantitative estimate of drug-likeness (QED) is 0.277. The van der Waals surface area contributed by atoms with Gasteiger partial charge in [0.1, 0.15) is 11.5 Å². The van der Waals surface area contributed by atoms with Gasteiger partial charge in [-0.1, -0.05) is 23.2 Å². The number of ether oxygens (including phenoxy) is 2. The maximum atomic E-state index is 13.2. The van der Waals surface area contributed by atoms with Gasteiger partial charge in [0, 0.05) is 23.6 Å². The number of ketones is 1. The Morgan fingerprint density at radius 3 is 2.24 bits per heavy atom. The number of Topliss-reactive ketones (excluding diaryl/α,β-unsaturated/α-hetero) is 1. The minimum absolute atomic E-state index is 0.0950. The summed E-state index contributed by atoms with van der Waals surface area (Å²) in [6.45, 7) is 2.36. The van der Waals surface area contributed by atoms with Crippen molar-refractivity contribution in [2.75, 3.05) is 18.6 Å². The second-order valence-corrected chi connectivity index (χ2v) is 8.16. The number of methoxy groups -OCH3 is 1. The molecule has 1 amide bonds. The van der Waals surface area contributed by atoms with Crippen molar-refractivity contribution in [3.05, 3.63) is 87.7 Å². The van der Waals surface area contributed by atoms with Crippen LogP contribution in [0.15, 0.2) is 66.5 Å². The number of hydrogen-bond donors (Lipinski definition) is 1. The first-order valence-electron chi connectivity index (χ1n) is 10.3. The summed E-state index contributed by atoms with van der Waals surface area (Å²) in [4.78, 5) is 31.8. The van der Waals surface area contributed by atoms with Crippen LogP contribution in [0.5, 0.6) is 11.5 Å². The molecule has 0 aliphatic carbocycles. The Morgan fingerprint density at radius 2 is 1.68 bits per heavy atom. The van der Waals surface area contributed by atoms with E-state index in [-0.39, 0.29) is 26.9 Å². The number of halogens is 2. The minimum Gasteiger partial charge on any atom is -0.507 e. The topological polar surface area (TPSA) is 89.0 Å². The van der Waals surface area contributed by atoms with Crippen LogP contribution in [0.1, 0.15) is 24.1 Å². The van der Waals surface area contributed by atoms with Gasteiger partial charge in [-0.2, -0.15) is 0 Å². The molecule has 1 aromatic heterocycles. The van der Waals surface area contributed by atoms with Crippen molar-refractivity contribution in [2.45, 2.75) is 13.0 Å². The highest BCUT2D eigenvalue weighted by atomic mass is 35.5. The van der Waals surface area contributed by atoms with Gasteiger partial charge in [-0.25, -0.2) is 0 Å². The maximum Gasteiger partial charge on any atom is 0.300 e. The number of anilines is 1. The molecule has 1 aliphatic rings. The Kier molecular flexibility index (Phi) is 6.77. The number of carbonyl (C=O) groups is 2. The molecule has 34 heavy (non-hydrogen) atoms. The number of rotatable bonds is 6. The van der Waals surface area contributed by atoms with Crippen molar-refractivity contribution >= 4 is 46.3 Å². The summed E-state index contributed by atoms with van der Waals surface area (Å²) < 4.78 is 10.6. The fourth-order valence-electron chi connectivity index (χ4n) is 3.88. The number of amides is 1. The lowest BCUT2D eigenvalue weighted by Gasteiger charge is -2.25. The number of pyridine rings is 1. The van der Waals surface area contributed by atoms with Crippen LogP contribution in [0.25, 0.3) is 5.76 Å². The van der Waals surface area contributed by atoms with Gasteiger partial charge in [0.05, 0.1) is 35.4 Å². The Morgan fingerprint density at radius 1 is 1.06 bits per heavy atom. The number of aliphatic hydroxyl groups is 1. The molecule has 2 aromatic carbocycles. The van der Waals surface area contributed by atoms with Crippen LogP contribution in [-0.2, 0) is 9.59 Å². The summed E-state index contributed by atoms with van der Waals surface area (Å²) >= 11 is 12.5. The zero-order valence-electron chi connectivity index (χ0n) is 18.3. The van der Waals surface area contributed by atoms with E-state index in [1.807, 2.05) is 6.92 Å². The molecule has 9 heteroatoms. The highest BCUT2D eigenvalue weighted by Crippen LogP contribution is 2.43. The highest BCUT2D eigenvalue weighted by Gasteiger charge is 2.47. The van der Waals surface area contributed by atoms with E-state index in [1.54, 1.807) is 48.8 Å². The van der Waals surface area contributed by atoms with Gasteiger partial charge >= 0.3 is 0 Å². The molecule has 1 atom stereocenters. The molecular weight excluding hydrogens is 479 g/mol. The van der Waals surface area contributed by atoms with E-state index in [0.29, 0.717) is 23.6 Å². The fraction of sp³-hybridized carbons (Fsp3) is 0.160. The molecule has 7 nitrogen and oxygen atoms in total. The highest BCUT2D eigenvalue weighted by molar-refractivity contribution is 6.51. The molecule has 0 bridgehead atoms. The van der Waals surface area contributed by atoms with E-state index in [1.165, 1.54) is 24.1 Å². The van der Waals surface area contributed by atoms with Crippen molar-refractivity contribution in [2.24, 2.45) is 0 Å². The standard InChI is InChI=1S/C25H20Cl2N2O5/c1-3-34-17-6-4-16(5-7-17)29-21(14-8-10-28-11-9-14)20(23(31)25(29)32)22(30)15-12-18(26)24(33-2)19(27)13-15/h4-13,21,30H,3H2,1-2H3/b22-20+.